The summed E-state index contributed by atoms with van der Waals surface area (Å²) in [6.07, 6.45) is 0. The standard InChI is InChI=1S/C18H13N3O4/c22-17-10-3-1-2-4-11(10)18(23)14-12(17)9-13(15-16(14)20-25-19-15)21-5-7-24-8-6-21/h1-4,9H,5-8H2. The van der Waals surface area contributed by atoms with E-state index < -0.39 is 0 Å². The maximum atomic E-state index is 13.0. The Morgan fingerprint density at radius 1 is 0.880 bits per heavy atom. The molecule has 7 nitrogen and oxygen atoms in total. The van der Waals surface area contributed by atoms with Crippen LogP contribution in [0.15, 0.2) is 35.0 Å². The summed E-state index contributed by atoms with van der Waals surface area (Å²) in [5, 5.41) is 7.91. The minimum Gasteiger partial charge on any atom is -0.378 e. The number of carbonyl (C=O) groups is 2. The second kappa shape index (κ2) is 5.22. The minimum absolute atomic E-state index is 0.176. The zero-order valence-electron chi connectivity index (χ0n) is 13.2. The van der Waals surface area contributed by atoms with E-state index in [0.29, 0.717) is 54.0 Å². The Labute approximate surface area is 142 Å². The van der Waals surface area contributed by atoms with Crippen molar-refractivity contribution in [1.29, 1.82) is 0 Å². The first-order chi connectivity index (χ1) is 12.3. The van der Waals surface area contributed by atoms with Gasteiger partial charge < -0.3 is 9.64 Å². The predicted octanol–water partition coefficient (Wildman–Crippen LogP) is 1.83. The third-order valence-corrected chi connectivity index (χ3v) is 4.76. The normalized spacial score (nSPS) is 16.9. The summed E-state index contributed by atoms with van der Waals surface area (Å²) in [6, 6.07) is 8.58. The molecule has 25 heavy (non-hydrogen) atoms. The van der Waals surface area contributed by atoms with Crippen LogP contribution in [0.5, 0.6) is 0 Å². The summed E-state index contributed by atoms with van der Waals surface area (Å²) in [4.78, 5) is 28.0. The second-order valence-corrected chi connectivity index (χ2v) is 6.08. The Morgan fingerprint density at radius 2 is 1.56 bits per heavy atom. The van der Waals surface area contributed by atoms with E-state index in [1.165, 1.54) is 0 Å². The topological polar surface area (TPSA) is 85.5 Å². The van der Waals surface area contributed by atoms with Gasteiger partial charge in [0, 0.05) is 29.8 Å². The van der Waals surface area contributed by atoms with Crippen LogP contribution in [-0.4, -0.2) is 48.2 Å². The minimum atomic E-state index is -0.223. The van der Waals surface area contributed by atoms with Crippen molar-refractivity contribution in [2.75, 3.05) is 31.2 Å². The number of fused-ring (bicyclic) bond motifs is 4. The largest absolute Gasteiger partial charge is 0.378 e. The maximum Gasteiger partial charge on any atom is 0.196 e. The van der Waals surface area contributed by atoms with Crippen LogP contribution in [0, 0.1) is 0 Å². The molecule has 1 saturated heterocycles. The smallest absolute Gasteiger partial charge is 0.196 e. The van der Waals surface area contributed by atoms with Crippen molar-refractivity contribution in [3.8, 4) is 0 Å². The molecule has 2 aromatic carbocycles. The average molecular weight is 335 g/mol. The third-order valence-electron chi connectivity index (χ3n) is 4.76. The summed E-state index contributed by atoms with van der Waals surface area (Å²) in [6.45, 7) is 2.55. The highest BCUT2D eigenvalue weighted by Crippen LogP contribution is 2.36. The predicted molar refractivity (Wildman–Crippen MR) is 88.1 cm³/mol. The van der Waals surface area contributed by atoms with Gasteiger partial charge in [-0.25, -0.2) is 4.63 Å². The van der Waals surface area contributed by atoms with Gasteiger partial charge in [-0.15, -0.1) is 0 Å². The van der Waals surface area contributed by atoms with Gasteiger partial charge in [-0.3, -0.25) is 9.59 Å². The molecule has 2 aliphatic rings. The van der Waals surface area contributed by atoms with Crippen LogP contribution in [0.1, 0.15) is 31.8 Å². The molecule has 5 rings (SSSR count). The molecule has 0 atom stereocenters. The molecule has 0 N–H and O–H groups in total. The fourth-order valence-corrected chi connectivity index (χ4v) is 3.54. The molecule has 2 heterocycles. The lowest BCUT2D eigenvalue weighted by atomic mass is 9.83. The van der Waals surface area contributed by atoms with Gasteiger partial charge in [0.05, 0.1) is 24.5 Å². The number of hydrogen-bond donors (Lipinski definition) is 0. The molecule has 0 radical (unpaired) electrons. The van der Waals surface area contributed by atoms with Crippen LogP contribution in [0.25, 0.3) is 11.0 Å². The summed E-state index contributed by atoms with van der Waals surface area (Å²) in [5.74, 6) is -0.399. The first-order valence-electron chi connectivity index (χ1n) is 8.06. The highest BCUT2D eigenvalue weighted by molar-refractivity contribution is 6.32. The summed E-state index contributed by atoms with van der Waals surface area (Å²) < 4.78 is 10.3. The van der Waals surface area contributed by atoms with Crippen molar-refractivity contribution in [1.82, 2.24) is 10.3 Å². The molecule has 1 fully saturated rings. The number of nitrogens with zero attached hydrogens (tertiary/aromatic N) is 3. The number of anilines is 1. The van der Waals surface area contributed by atoms with E-state index in [9.17, 15) is 9.59 Å². The van der Waals surface area contributed by atoms with Crippen molar-refractivity contribution in [3.63, 3.8) is 0 Å². The Bertz CT molecular complexity index is 1030. The van der Waals surface area contributed by atoms with Gasteiger partial charge >= 0.3 is 0 Å². The number of hydrogen-bond acceptors (Lipinski definition) is 7. The van der Waals surface area contributed by atoms with Crippen LogP contribution in [0.4, 0.5) is 5.69 Å². The van der Waals surface area contributed by atoms with Gasteiger partial charge in [-0.1, -0.05) is 24.3 Å². The van der Waals surface area contributed by atoms with E-state index >= 15 is 0 Å². The average Bonchev–Trinajstić information content (AvgIpc) is 3.15. The number of benzene rings is 2. The monoisotopic (exact) mass is 335 g/mol. The van der Waals surface area contributed by atoms with Crippen LogP contribution in [-0.2, 0) is 4.74 Å². The van der Waals surface area contributed by atoms with Crippen LogP contribution >= 0.6 is 0 Å². The van der Waals surface area contributed by atoms with Crippen molar-refractivity contribution >= 4 is 28.3 Å². The molecule has 3 aromatic rings. The molecular formula is C18H13N3O4. The zero-order valence-corrected chi connectivity index (χ0v) is 13.2. The molecule has 124 valence electrons. The van der Waals surface area contributed by atoms with Gasteiger partial charge in [-0.2, -0.15) is 0 Å². The first-order valence-corrected chi connectivity index (χ1v) is 8.06. The lowest BCUT2D eigenvalue weighted by Gasteiger charge is -2.29. The molecular weight excluding hydrogens is 322 g/mol. The van der Waals surface area contributed by atoms with Crippen molar-refractivity contribution in [3.05, 3.63) is 52.6 Å². The Morgan fingerprint density at radius 3 is 2.32 bits per heavy atom. The van der Waals surface area contributed by atoms with Crippen LogP contribution in [0.3, 0.4) is 0 Å². The molecule has 0 amide bonds. The summed E-state index contributed by atoms with van der Waals surface area (Å²) in [5.41, 5.74) is 3.03. The molecule has 7 heteroatoms. The summed E-state index contributed by atoms with van der Waals surface area (Å²) in [7, 11) is 0. The van der Waals surface area contributed by atoms with E-state index in [-0.39, 0.29) is 17.1 Å². The van der Waals surface area contributed by atoms with Crippen LogP contribution in [0.2, 0.25) is 0 Å². The van der Waals surface area contributed by atoms with E-state index in [1.807, 2.05) is 0 Å². The highest BCUT2D eigenvalue weighted by Gasteiger charge is 2.34. The lowest BCUT2D eigenvalue weighted by molar-refractivity contribution is 0.0980. The number of ketones is 2. The summed E-state index contributed by atoms with van der Waals surface area (Å²) >= 11 is 0. The van der Waals surface area contributed by atoms with Gasteiger partial charge in [0.25, 0.3) is 0 Å². The van der Waals surface area contributed by atoms with E-state index in [0.717, 1.165) is 5.69 Å². The van der Waals surface area contributed by atoms with Gasteiger partial charge in [0.1, 0.15) is 5.52 Å². The highest BCUT2D eigenvalue weighted by atomic mass is 16.6. The number of rotatable bonds is 1. The Kier molecular flexibility index (Phi) is 2.98. The second-order valence-electron chi connectivity index (χ2n) is 6.08. The van der Waals surface area contributed by atoms with E-state index in [2.05, 4.69) is 15.2 Å². The van der Waals surface area contributed by atoms with Gasteiger partial charge in [0.15, 0.2) is 17.1 Å². The van der Waals surface area contributed by atoms with Crippen molar-refractivity contribution < 1.29 is 19.0 Å². The van der Waals surface area contributed by atoms with Crippen molar-refractivity contribution in [2.45, 2.75) is 0 Å². The van der Waals surface area contributed by atoms with Crippen LogP contribution < -0.4 is 4.90 Å². The molecule has 0 bridgehead atoms. The number of morpholine rings is 1. The molecule has 0 saturated carbocycles. The quantitative estimate of drug-likeness (QED) is 0.524. The molecule has 0 unspecified atom stereocenters. The first kappa shape index (κ1) is 14.3. The fourth-order valence-electron chi connectivity index (χ4n) is 3.54. The number of ether oxygens (including phenoxy) is 1. The van der Waals surface area contributed by atoms with Gasteiger partial charge in [-0.05, 0) is 16.4 Å². The Hall–Kier alpha value is -3.06. The van der Waals surface area contributed by atoms with E-state index in [1.54, 1.807) is 30.3 Å². The van der Waals surface area contributed by atoms with E-state index in [4.69, 9.17) is 9.37 Å². The number of aromatic nitrogens is 2. The SMILES string of the molecule is O=C1c2ccccc2C(=O)c2c1cc(N1CCOCC1)c1nonc21. The van der Waals surface area contributed by atoms with Crippen molar-refractivity contribution in [2.24, 2.45) is 0 Å². The number of carbonyl (C=O) groups excluding carboxylic acids is 2. The maximum absolute atomic E-state index is 13.0. The lowest BCUT2D eigenvalue weighted by Crippen LogP contribution is -2.36. The molecule has 1 aromatic heterocycles. The van der Waals surface area contributed by atoms with Gasteiger partial charge in [0.2, 0.25) is 0 Å². The fraction of sp³-hybridized carbons (Fsp3) is 0.222. The third kappa shape index (κ3) is 1.96. The Balaban J connectivity index is 1.78. The molecule has 0 spiro atoms. The zero-order chi connectivity index (χ0) is 17.0. The molecule has 1 aliphatic carbocycles. The molecule has 1 aliphatic heterocycles.